The first kappa shape index (κ1) is 35.0. The molecule has 1 N–H and O–H groups in total. The molecular formula is C33H43N3O8S. The first-order valence-electron chi connectivity index (χ1n) is 14.5. The average molecular weight is 642 g/mol. The molecule has 0 bridgehead atoms. The number of nitrogens with one attached hydrogen (secondary N) is 1. The molecule has 0 heterocycles. The molecule has 0 aliphatic heterocycles. The Labute approximate surface area is 266 Å². The molecule has 0 saturated heterocycles. The number of hydrogen-bond acceptors (Lipinski definition) is 8. The van der Waals surface area contributed by atoms with Gasteiger partial charge in [0.15, 0.2) is 11.5 Å². The van der Waals surface area contributed by atoms with Crippen LogP contribution >= 0.6 is 0 Å². The number of hydrogen-bond donors (Lipinski definition) is 1. The van der Waals surface area contributed by atoms with Gasteiger partial charge in [0.1, 0.15) is 24.1 Å². The van der Waals surface area contributed by atoms with Gasteiger partial charge in [0.05, 0.1) is 39.0 Å². The molecule has 0 radical (unpaired) electrons. The molecule has 2 atom stereocenters. The second kappa shape index (κ2) is 15.5. The fourth-order valence-corrected chi connectivity index (χ4v) is 5.98. The second-order valence-corrected chi connectivity index (χ2v) is 12.4. The summed E-state index contributed by atoms with van der Waals surface area (Å²) in [4.78, 5) is 28.8. The lowest BCUT2D eigenvalue weighted by Gasteiger charge is -2.33. The normalized spacial score (nSPS) is 12.4. The Morgan fingerprint density at radius 3 is 2.02 bits per heavy atom. The molecule has 244 valence electrons. The quantitative estimate of drug-likeness (QED) is 0.256. The number of methoxy groups -OCH3 is 4. The number of benzene rings is 3. The number of amides is 2. The molecule has 3 rings (SSSR count). The first-order chi connectivity index (χ1) is 21.4. The van der Waals surface area contributed by atoms with Gasteiger partial charge in [0, 0.05) is 24.7 Å². The van der Waals surface area contributed by atoms with E-state index in [9.17, 15) is 18.0 Å². The van der Waals surface area contributed by atoms with Crippen molar-refractivity contribution in [3.63, 3.8) is 0 Å². The van der Waals surface area contributed by atoms with Crippen LogP contribution in [0, 0.1) is 6.92 Å². The Morgan fingerprint density at radius 1 is 0.822 bits per heavy atom. The number of rotatable bonds is 15. The van der Waals surface area contributed by atoms with Crippen LogP contribution in [-0.4, -0.2) is 72.2 Å². The van der Waals surface area contributed by atoms with Gasteiger partial charge in [-0.05, 0) is 57.0 Å². The van der Waals surface area contributed by atoms with E-state index in [1.165, 1.54) is 57.6 Å². The maximum Gasteiger partial charge on any atom is 0.265 e. The van der Waals surface area contributed by atoms with E-state index in [4.69, 9.17) is 18.9 Å². The predicted molar refractivity (Wildman–Crippen MR) is 173 cm³/mol. The number of sulfonamides is 1. The number of ether oxygens (including phenoxy) is 4. The summed E-state index contributed by atoms with van der Waals surface area (Å²) in [5.74, 6) is 0.125. The van der Waals surface area contributed by atoms with E-state index < -0.39 is 28.5 Å². The molecule has 3 aromatic carbocycles. The fourth-order valence-electron chi connectivity index (χ4n) is 4.55. The van der Waals surface area contributed by atoms with Gasteiger partial charge in [-0.25, -0.2) is 8.42 Å². The topological polar surface area (TPSA) is 124 Å². The lowest BCUT2D eigenvalue weighted by molar-refractivity contribution is -0.139. The molecule has 0 aromatic heterocycles. The number of carbonyl (C=O) groups is 2. The number of carbonyl (C=O) groups excluding carboxylic acids is 2. The molecule has 2 amide bonds. The summed E-state index contributed by atoms with van der Waals surface area (Å²) >= 11 is 0. The van der Waals surface area contributed by atoms with Crippen molar-refractivity contribution in [2.45, 2.75) is 57.6 Å². The highest BCUT2D eigenvalue weighted by molar-refractivity contribution is 7.92. The molecule has 0 aliphatic rings. The Kier molecular flexibility index (Phi) is 12.1. The standard InChI is InChI=1S/C33H43N3O8S/c1-9-23(3)34-33(38)24(4)35(20-25-12-10-22(2)11-13-25)32(37)21-36(28-18-26(41-5)14-16-29(28)42-6)45(39,40)27-15-17-30(43-7)31(19-27)44-8/h10-19,23-24H,9,20-21H2,1-8H3,(H,34,38)/t23-,24-/m1/s1. The summed E-state index contributed by atoms with van der Waals surface area (Å²) in [5.41, 5.74) is 1.90. The van der Waals surface area contributed by atoms with Crippen LogP contribution in [0.1, 0.15) is 38.3 Å². The molecule has 0 saturated carbocycles. The van der Waals surface area contributed by atoms with Gasteiger partial charge in [-0.15, -0.1) is 0 Å². The lowest BCUT2D eigenvalue weighted by Crippen LogP contribution is -2.52. The lowest BCUT2D eigenvalue weighted by atomic mass is 10.1. The third kappa shape index (κ3) is 8.39. The number of nitrogens with zero attached hydrogens (tertiary/aromatic N) is 2. The van der Waals surface area contributed by atoms with Crippen LogP contribution in [-0.2, 0) is 26.2 Å². The summed E-state index contributed by atoms with van der Waals surface area (Å²) in [6, 6.07) is 15.4. The minimum absolute atomic E-state index is 0.0759. The molecule has 0 aliphatic carbocycles. The Morgan fingerprint density at radius 2 is 1.44 bits per heavy atom. The third-order valence-electron chi connectivity index (χ3n) is 7.52. The van der Waals surface area contributed by atoms with Crippen molar-refractivity contribution >= 4 is 27.5 Å². The predicted octanol–water partition coefficient (Wildman–Crippen LogP) is 4.56. The van der Waals surface area contributed by atoms with Crippen molar-refractivity contribution in [3.8, 4) is 23.0 Å². The van der Waals surface area contributed by atoms with Crippen LogP contribution in [0.4, 0.5) is 5.69 Å². The van der Waals surface area contributed by atoms with Gasteiger partial charge >= 0.3 is 0 Å². The van der Waals surface area contributed by atoms with Gasteiger partial charge in [-0.1, -0.05) is 36.8 Å². The van der Waals surface area contributed by atoms with Crippen LogP contribution < -0.4 is 28.6 Å². The largest absolute Gasteiger partial charge is 0.497 e. The van der Waals surface area contributed by atoms with Crippen LogP contribution in [0.25, 0.3) is 0 Å². The SMILES string of the molecule is CC[C@@H](C)NC(=O)[C@@H](C)N(Cc1ccc(C)cc1)C(=O)CN(c1cc(OC)ccc1OC)S(=O)(=O)c1ccc(OC)c(OC)c1. The molecular weight excluding hydrogens is 598 g/mol. The highest BCUT2D eigenvalue weighted by Gasteiger charge is 2.35. The summed E-state index contributed by atoms with van der Waals surface area (Å²) in [6.45, 7) is 6.84. The highest BCUT2D eigenvalue weighted by atomic mass is 32.2. The Hall–Kier alpha value is -4.45. The number of aryl methyl sites for hydroxylation is 1. The van der Waals surface area contributed by atoms with E-state index in [1.54, 1.807) is 19.1 Å². The zero-order valence-corrected chi connectivity index (χ0v) is 27.9. The molecule has 45 heavy (non-hydrogen) atoms. The average Bonchev–Trinajstić information content (AvgIpc) is 3.05. The van der Waals surface area contributed by atoms with Gasteiger partial charge in [-0.2, -0.15) is 0 Å². The fraction of sp³-hybridized carbons (Fsp3) is 0.394. The summed E-state index contributed by atoms with van der Waals surface area (Å²) in [5, 5.41) is 2.93. The monoisotopic (exact) mass is 641 g/mol. The molecule has 0 spiro atoms. The van der Waals surface area contributed by atoms with Gasteiger partial charge < -0.3 is 29.2 Å². The minimum Gasteiger partial charge on any atom is -0.497 e. The minimum atomic E-state index is -4.43. The van der Waals surface area contributed by atoms with Crippen molar-refractivity contribution in [1.29, 1.82) is 0 Å². The first-order valence-corrected chi connectivity index (χ1v) is 16.0. The smallest absolute Gasteiger partial charge is 0.265 e. The van der Waals surface area contributed by atoms with Crippen molar-refractivity contribution in [3.05, 3.63) is 71.8 Å². The molecule has 3 aromatic rings. The number of anilines is 1. The zero-order chi connectivity index (χ0) is 33.3. The zero-order valence-electron chi connectivity index (χ0n) is 27.1. The van der Waals surface area contributed by atoms with Crippen LogP contribution in [0.3, 0.4) is 0 Å². The van der Waals surface area contributed by atoms with Crippen LogP contribution in [0.2, 0.25) is 0 Å². The van der Waals surface area contributed by atoms with Gasteiger partial charge in [0.2, 0.25) is 11.8 Å². The Balaban J connectivity index is 2.16. The maximum atomic E-state index is 14.4. The molecule has 0 fully saturated rings. The van der Waals surface area contributed by atoms with E-state index in [1.807, 2.05) is 45.0 Å². The summed E-state index contributed by atoms with van der Waals surface area (Å²) in [7, 11) is 1.26. The van der Waals surface area contributed by atoms with E-state index in [2.05, 4.69) is 5.32 Å². The summed E-state index contributed by atoms with van der Waals surface area (Å²) < 4.78 is 51.3. The van der Waals surface area contributed by atoms with E-state index in [0.717, 1.165) is 15.4 Å². The van der Waals surface area contributed by atoms with E-state index >= 15 is 0 Å². The van der Waals surface area contributed by atoms with Crippen molar-refractivity contribution < 1.29 is 37.0 Å². The van der Waals surface area contributed by atoms with Crippen LogP contribution in [0.5, 0.6) is 23.0 Å². The Bertz CT molecular complexity index is 1580. The van der Waals surface area contributed by atoms with Crippen LogP contribution in [0.15, 0.2) is 65.6 Å². The third-order valence-corrected chi connectivity index (χ3v) is 9.27. The molecule has 12 heteroatoms. The van der Waals surface area contributed by atoms with Crippen molar-refractivity contribution in [1.82, 2.24) is 10.2 Å². The molecule has 11 nitrogen and oxygen atoms in total. The van der Waals surface area contributed by atoms with Crippen molar-refractivity contribution in [2.24, 2.45) is 0 Å². The van der Waals surface area contributed by atoms with Crippen molar-refractivity contribution in [2.75, 3.05) is 39.3 Å². The molecule has 0 unspecified atom stereocenters. The van der Waals surface area contributed by atoms with Gasteiger partial charge in [-0.3, -0.25) is 13.9 Å². The highest BCUT2D eigenvalue weighted by Crippen LogP contribution is 2.37. The summed E-state index contributed by atoms with van der Waals surface area (Å²) in [6.07, 6.45) is 0.706. The van der Waals surface area contributed by atoms with E-state index in [0.29, 0.717) is 17.9 Å². The van der Waals surface area contributed by atoms with E-state index in [-0.39, 0.29) is 40.6 Å². The maximum absolute atomic E-state index is 14.4. The second-order valence-electron chi connectivity index (χ2n) is 10.6. The van der Waals surface area contributed by atoms with Gasteiger partial charge in [0.25, 0.3) is 10.0 Å².